The summed E-state index contributed by atoms with van der Waals surface area (Å²) < 4.78 is 13.7. The molecule has 0 unspecified atom stereocenters. The lowest BCUT2D eigenvalue weighted by Crippen LogP contribution is -2.19. The van der Waals surface area contributed by atoms with E-state index in [0.717, 1.165) is 13.0 Å². The van der Waals surface area contributed by atoms with Crippen molar-refractivity contribution >= 4 is 5.97 Å². The minimum absolute atomic E-state index is 0.262. The highest BCUT2D eigenvalue weighted by molar-refractivity contribution is 5.88. The lowest BCUT2D eigenvalue weighted by Gasteiger charge is -2.16. The summed E-state index contributed by atoms with van der Waals surface area (Å²) in [5, 5.41) is 8.77. The Hall–Kier alpha value is -1.42. The number of benzene rings is 1. The van der Waals surface area contributed by atoms with E-state index in [1.807, 2.05) is 18.9 Å². The fourth-order valence-electron chi connectivity index (χ4n) is 1.62. The molecule has 0 spiro atoms. The van der Waals surface area contributed by atoms with Gasteiger partial charge in [-0.2, -0.15) is 0 Å². The number of hydrogen-bond donors (Lipinski definition) is 1. The Morgan fingerprint density at radius 3 is 2.75 bits per heavy atom. The smallest absolute Gasteiger partial charge is 0.338 e. The number of carbonyl (C=O) groups is 1. The van der Waals surface area contributed by atoms with Gasteiger partial charge in [-0.15, -0.1) is 0 Å². The summed E-state index contributed by atoms with van der Waals surface area (Å²) in [6.07, 6.45) is 0.983. The van der Waals surface area contributed by atoms with Crippen molar-refractivity contribution in [1.82, 2.24) is 4.90 Å². The van der Waals surface area contributed by atoms with Gasteiger partial charge in [0.15, 0.2) is 0 Å². The zero-order valence-electron chi connectivity index (χ0n) is 9.53. The van der Waals surface area contributed by atoms with Crippen LogP contribution in [0.2, 0.25) is 0 Å². The Balaban J connectivity index is 2.89. The average molecular weight is 225 g/mol. The number of carboxylic acid groups (broad SMARTS) is 1. The third-order valence-electron chi connectivity index (χ3n) is 2.35. The van der Waals surface area contributed by atoms with Crippen LogP contribution in [0.25, 0.3) is 0 Å². The predicted molar refractivity (Wildman–Crippen MR) is 60.0 cm³/mol. The molecule has 0 bridgehead atoms. The van der Waals surface area contributed by atoms with Gasteiger partial charge >= 0.3 is 5.97 Å². The Morgan fingerprint density at radius 1 is 1.50 bits per heavy atom. The molecule has 0 aliphatic heterocycles. The van der Waals surface area contributed by atoms with Gasteiger partial charge in [0, 0.05) is 12.1 Å². The third kappa shape index (κ3) is 3.03. The van der Waals surface area contributed by atoms with Gasteiger partial charge in [-0.05, 0) is 26.1 Å². The highest BCUT2D eigenvalue weighted by atomic mass is 19.1. The molecule has 88 valence electrons. The number of rotatable bonds is 5. The second-order valence-electron chi connectivity index (χ2n) is 3.82. The van der Waals surface area contributed by atoms with Crippen molar-refractivity contribution in [2.24, 2.45) is 0 Å². The summed E-state index contributed by atoms with van der Waals surface area (Å²) in [5.74, 6) is -1.85. The number of carboxylic acids is 1. The molecular formula is C12H16FNO2. The van der Waals surface area contributed by atoms with Crippen LogP contribution in [0.1, 0.15) is 29.3 Å². The van der Waals surface area contributed by atoms with Crippen molar-refractivity contribution in [2.75, 3.05) is 13.6 Å². The first-order chi connectivity index (χ1) is 7.56. The summed E-state index contributed by atoms with van der Waals surface area (Å²) in [4.78, 5) is 12.7. The molecule has 0 saturated heterocycles. The quantitative estimate of drug-likeness (QED) is 0.836. The molecule has 3 nitrogen and oxygen atoms in total. The van der Waals surface area contributed by atoms with Crippen LogP contribution in [0.3, 0.4) is 0 Å². The van der Waals surface area contributed by atoms with Gasteiger partial charge in [0.25, 0.3) is 0 Å². The minimum atomic E-state index is -1.22. The molecule has 0 radical (unpaired) electrons. The van der Waals surface area contributed by atoms with E-state index in [1.165, 1.54) is 6.07 Å². The SMILES string of the molecule is CCCN(C)Cc1cccc(C(=O)O)c1F. The zero-order valence-corrected chi connectivity index (χ0v) is 9.53. The number of aromatic carboxylic acids is 1. The van der Waals surface area contributed by atoms with Crippen molar-refractivity contribution in [3.8, 4) is 0 Å². The second-order valence-corrected chi connectivity index (χ2v) is 3.82. The van der Waals surface area contributed by atoms with E-state index in [9.17, 15) is 9.18 Å². The second kappa shape index (κ2) is 5.61. The van der Waals surface area contributed by atoms with Crippen LogP contribution < -0.4 is 0 Å². The van der Waals surface area contributed by atoms with Crippen molar-refractivity contribution in [1.29, 1.82) is 0 Å². The summed E-state index contributed by atoms with van der Waals surface area (Å²) in [6, 6.07) is 4.47. The Kier molecular flexibility index (Phi) is 4.43. The lowest BCUT2D eigenvalue weighted by atomic mass is 10.1. The molecule has 16 heavy (non-hydrogen) atoms. The molecule has 1 rings (SSSR count). The average Bonchev–Trinajstić information content (AvgIpc) is 2.21. The van der Waals surface area contributed by atoms with Crippen molar-refractivity contribution < 1.29 is 14.3 Å². The van der Waals surface area contributed by atoms with E-state index in [2.05, 4.69) is 0 Å². The van der Waals surface area contributed by atoms with Crippen molar-refractivity contribution in [3.05, 3.63) is 35.1 Å². The molecule has 0 aliphatic rings. The molecule has 1 N–H and O–H groups in total. The maximum Gasteiger partial charge on any atom is 0.338 e. The summed E-state index contributed by atoms with van der Waals surface area (Å²) in [7, 11) is 1.89. The fourth-order valence-corrected chi connectivity index (χ4v) is 1.62. The van der Waals surface area contributed by atoms with Gasteiger partial charge in [0.05, 0.1) is 5.56 Å². The van der Waals surface area contributed by atoms with Crippen LogP contribution in [0.5, 0.6) is 0 Å². The summed E-state index contributed by atoms with van der Waals surface area (Å²) in [5.41, 5.74) is 0.165. The molecule has 0 aliphatic carbocycles. The first-order valence-corrected chi connectivity index (χ1v) is 5.25. The number of halogens is 1. The van der Waals surface area contributed by atoms with E-state index >= 15 is 0 Å². The van der Waals surface area contributed by atoms with Crippen LogP contribution in [0.4, 0.5) is 4.39 Å². The Bertz CT molecular complexity index is 379. The van der Waals surface area contributed by atoms with E-state index in [1.54, 1.807) is 12.1 Å². The first-order valence-electron chi connectivity index (χ1n) is 5.25. The molecule has 0 aromatic heterocycles. The minimum Gasteiger partial charge on any atom is -0.478 e. The van der Waals surface area contributed by atoms with E-state index in [0.29, 0.717) is 12.1 Å². The van der Waals surface area contributed by atoms with Gasteiger partial charge in [-0.1, -0.05) is 19.1 Å². The van der Waals surface area contributed by atoms with Crippen LogP contribution in [-0.2, 0) is 6.54 Å². The van der Waals surface area contributed by atoms with Gasteiger partial charge in [0.2, 0.25) is 0 Å². The normalized spacial score (nSPS) is 10.8. The Morgan fingerprint density at radius 2 is 2.19 bits per heavy atom. The van der Waals surface area contributed by atoms with Gasteiger partial charge in [-0.25, -0.2) is 9.18 Å². The molecular weight excluding hydrogens is 209 g/mol. The highest BCUT2D eigenvalue weighted by Gasteiger charge is 2.14. The molecule has 0 fully saturated rings. The Labute approximate surface area is 94.5 Å². The van der Waals surface area contributed by atoms with Crippen LogP contribution in [-0.4, -0.2) is 29.6 Å². The van der Waals surface area contributed by atoms with Gasteiger partial charge < -0.3 is 10.0 Å². The molecule has 0 atom stereocenters. The number of nitrogens with zero attached hydrogens (tertiary/aromatic N) is 1. The van der Waals surface area contributed by atoms with E-state index in [-0.39, 0.29) is 5.56 Å². The predicted octanol–water partition coefficient (Wildman–Crippen LogP) is 2.37. The number of hydrogen-bond acceptors (Lipinski definition) is 2. The molecule has 0 amide bonds. The summed E-state index contributed by atoms with van der Waals surface area (Å²) in [6.45, 7) is 3.33. The van der Waals surface area contributed by atoms with E-state index in [4.69, 9.17) is 5.11 Å². The van der Waals surface area contributed by atoms with Gasteiger partial charge in [0.1, 0.15) is 5.82 Å². The molecule has 1 aromatic rings. The van der Waals surface area contributed by atoms with Crippen molar-refractivity contribution in [2.45, 2.75) is 19.9 Å². The van der Waals surface area contributed by atoms with Crippen LogP contribution >= 0.6 is 0 Å². The fraction of sp³-hybridized carbons (Fsp3) is 0.417. The first kappa shape index (κ1) is 12.6. The van der Waals surface area contributed by atoms with E-state index < -0.39 is 11.8 Å². The molecule has 1 aromatic carbocycles. The third-order valence-corrected chi connectivity index (χ3v) is 2.35. The van der Waals surface area contributed by atoms with Gasteiger partial charge in [-0.3, -0.25) is 0 Å². The maximum absolute atomic E-state index is 13.7. The largest absolute Gasteiger partial charge is 0.478 e. The maximum atomic E-state index is 13.7. The van der Waals surface area contributed by atoms with Crippen LogP contribution in [0, 0.1) is 5.82 Å². The molecule has 0 saturated carbocycles. The molecule has 4 heteroatoms. The topological polar surface area (TPSA) is 40.5 Å². The zero-order chi connectivity index (χ0) is 12.1. The monoisotopic (exact) mass is 225 g/mol. The van der Waals surface area contributed by atoms with Crippen LogP contribution in [0.15, 0.2) is 18.2 Å². The van der Waals surface area contributed by atoms with Crippen molar-refractivity contribution in [3.63, 3.8) is 0 Å². The standard InChI is InChI=1S/C12H16FNO2/c1-3-7-14(2)8-9-5-4-6-10(11(9)13)12(15)16/h4-6H,3,7-8H2,1-2H3,(H,15,16). The lowest BCUT2D eigenvalue weighted by molar-refractivity contribution is 0.0691. The highest BCUT2D eigenvalue weighted by Crippen LogP contribution is 2.14. The summed E-state index contributed by atoms with van der Waals surface area (Å²) >= 11 is 0. The molecule has 0 heterocycles.